The summed E-state index contributed by atoms with van der Waals surface area (Å²) >= 11 is 5.65. The molecule has 23 heavy (non-hydrogen) atoms. The molecule has 1 amide bonds. The highest BCUT2D eigenvalue weighted by molar-refractivity contribution is 7.91. The Morgan fingerprint density at radius 3 is 2.43 bits per heavy atom. The number of alkyl halides is 1. The largest absolute Gasteiger partial charge is 0.462 e. The highest BCUT2D eigenvalue weighted by Crippen LogP contribution is 2.25. The molecule has 0 N–H and O–H groups in total. The summed E-state index contributed by atoms with van der Waals surface area (Å²) in [5.41, 5.74) is 0.888. The number of hydrogen-bond donors (Lipinski definition) is 0. The molecule has 1 heterocycles. The third-order valence-electron chi connectivity index (χ3n) is 3.61. The van der Waals surface area contributed by atoms with Crippen molar-refractivity contribution in [3.63, 3.8) is 0 Å². The minimum atomic E-state index is -3.13. The van der Waals surface area contributed by atoms with Gasteiger partial charge in [0.1, 0.15) is 5.88 Å². The third kappa shape index (κ3) is 4.23. The van der Waals surface area contributed by atoms with Gasteiger partial charge in [0.25, 0.3) is 0 Å². The van der Waals surface area contributed by atoms with E-state index in [9.17, 15) is 18.0 Å². The van der Waals surface area contributed by atoms with Crippen molar-refractivity contribution in [3.8, 4) is 0 Å². The van der Waals surface area contributed by atoms with Crippen LogP contribution in [0.15, 0.2) is 24.3 Å². The van der Waals surface area contributed by atoms with E-state index in [1.54, 1.807) is 31.2 Å². The Balaban J connectivity index is 2.26. The number of benzene rings is 1. The number of sulfone groups is 1. The number of esters is 1. The number of hydrogen-bond acceptors (Lipinski definition) is 5. The number of nitrogens with zero attached hydrogens (tertiary/aromatic N) is 1. The first kappa shape index (κ1) is 17.7. The Labute approximate surface area is 140 Å². The second-order valence-electron chi connectivity index (χ2n) is 5.22. The summed E-state index contributed by atoms with van der Waals surface area (Å²) in [7, 11) is -3.13. The van der Waals surface area contributed by atoms with E-state index in [2.05, 4.69) is 0 Å². The lowest BCUT2D eigenvalue weighted by Crippen LogP contribution is -2.42. The topological polar surface area (TPSA) is 80.8 Å². The maximum Gasteiger partial charge on any atom is 0.338 e. The highest BCUT2D eigenvalue weighted by atomic mass is 35.5. The van der Waals surface area contributed by atoms with Crippen LogP contribution in [0, 0.1) is 0 Å². The van der Waals surface area contributed by atoms with Crippen LogP contribution >= 0.6 is 11.6 Å². The van der Waals surface area contributed by atoms with Crippen molar-refractivity contribution >= 4 is 39.0 Å². The van der Waals surface area contributed by atoms with E-state index in [0.29, 0.717) is 17.7 Å². The predicted molar refractivity (Wildman–Crippen MR) is 87.7 cm³/mol. The second-order valence-corrected chi connectivity index (χ2v) is 7.72. The summed E-state index contributed by atoms with van der Waals surface area (Å²) in [6.45, 7) is 1.99. The zero-order valence-electron chi connectivity index (χ0n) is 12.7. The molecule has 1 aliphatic rings. The van der Waals surface area contributed by atoms with Gasteiger partial charge >= 0.3 is 5.97 Å². The third-order valence-corrected chi connectivity index (χ3v) is 5.59. The minimum Gasteiger partial charge on any atom is -0.462 e. The summed E-state index contributed by atoms with van der Waals surface area (Å²) in [5.74, 6) is -1.06. The Bertz CT molecular complexity index is 686. The van der Waals surface area contributed by atoms with Gasteiger partial charge in [-0.05, 0) is 37.6 Å². The molecule has 1 fully saturated rings. The molecule has 0 radical (unpaired) electrons. The van der Waals surface area contributed by atoms with E-state index in [0.717, 1.165) is 0 Å². The van der Waals surface area contributed by atoms with Gasteiger partial charge in [-0.3, -0.25) is 4.79 Å². The lowest BCUT2D eigenvalue weighted by atomic mass is 10.1. The fourth-order valence-corrected chi connectivity index (χ4v) is 4.40. The first-order valence-electron chi connectivity index (χ1n) is 7.23. The van der Waals surface area contributed by atoms with E-state index in [4.69, 9.17) is 16.3 Å². The summed E-state index contributed by atoms with van der Waals surface area (Å²) in [6, 6.07) is 5.86. The van der Waals surface area contributed by atoms with Gasteiger partial charge in [0.05, 0.1) is 29.7 Å². The van der Waals surface area contributed by atoms with Crippen molar-refractivity contribution in [2.45, 2.75) is 19.4 Å². The Morgan fingerprint density at radius 1 is 1.30 bits per heavy atom. The number of rotatable bonds is 5. The van der Waals surface area contributed by atoms with Gasteiger partial charge in [-0.25, -0.2) is 13.2 Å². The maximum absolute atomic E-state index is 12.1. The number of ether oxygens (including phenoxy) is 1. The predicted octanol–water partition coefficient (Wildman–Crippen LogP) is 1.62. The molecule has 1 aliphatic heterocycles. The van der Waals surface area contributed by atoms with Crippen molar-refractivity contribution in [2.75, 3.05) is 28.9 Å². The number of halogens is 1. The van der Waals surface area contributed by atoms with Crippen molar-refractivity contribution in [1.29, 1.82) is 0 Å². The zero-order chi connectivity index (χ0) is 17.0. The molecule has 1 aromatic carbocycles. The molecule has 0 aliphatic carbocycles. The number of carbonyl (C=O) groups excluding carboxylic acids is 2. The van der Waals surface area contributed by atoms with Crippen LogP contribution in [0.5, 0.6) is 0 Å². The van der Waals surface area contributed by atoms with Crippen LogP contribution in [0.3, 0.4) is 0 Å². The molecule has 0 saturated carbocycles. The summed E-state index contributed by atoms with van der Waals surface area (Å²) in [4.78, 5) is 25.2. The fourth-order valence-electron chi connectivity index (χ4n) is 2.57. The lowest BCUT2D eigenvalue weighted by molar-refractivity contribution is -0.116. The molecule has 1 atom stereocenters. The number of carbonyl (C=O) groups is 2. The van der Waals surface area contributed by atoms with Gasteiger partial charge < -0.3 is 9.64 Å². The fraction of sp³-hybridized carbons (Fsp3) is 0.467. The summed E-state index contributed by atoms with van der Waals surface area (Å²) < 4.78 is 28.2. The molecular weight excluding hydrogens is 342 g/mol. The summed E-state index contributed by atoms with van der Waals surface area (Å²) in [6.07, 6.45) is 0.380. The second kappa shape index (κ2) is 7.31. The van der Waals surface area contributed by atoms with E-state index >= 15 is 0 Å². The Kier molecular flexibility index (Phi) is 5.64. The Hall–Kier alpha value is -1.60. The molecule has 126 valence electrons. The molecule has 0 spiro atoms. The van der Waals surface area contributed by atoms with Crippen LogP contribution in [0.4, 0.5) is 5.69 Å². The van der Waals surface area contributed by atoms with E-state index in [1.165, 1.54) is 4.90 Å². The van der Waals surface area contributed by atoms with Gasteiger partial charge in [0, 0.05) is 5.69 Å². The van der Waals surface area contributed by atoms with Gasteiger partial charge in [-0.2, -0.15) is 0 Å². The number of anilines is 1. The summed E-state index contributed by atoms with van der Waals surface area (Å²) in [5, 5.41) is 0. The van der Waals surface area contributed by atoms with Gasteiger partial charge in [0.2, 0.25) is 5.91 Å². The van der Waals surface area contributed by atoms with Crippen molar-refractivity contribution in [2.24, 2.45) is 0 Å². The van der Waals surface area contributed by atoms with Crippen LogP contribution in [-0.4, -0.2) is 50.3 Å². The van der Waals surface area contributed by atoms with Gasteiger partial charge in [-0.1, -0.05) is 0 Å². The lowest BCUT2D eigenvalue weighted by Gasteiger charge is -2.27. The Morgan fingerprint density at radius 2 is 1.96 bits per heavy atom. The average Bonchev–Trinajstić information content (AvgIpc) is 2.88. The van der Waals surface area contributed by atoms with Gasteiger partial charge in [0.15, 0.2) is 9.84 Å². The monoisotopic (exact) mass is 359 g/mol. The van der Waals surface area contributed by atoms with Crippen molar-refractivity contribution in [1.82, 2.24) is 0 Å². The van der Waals surface area contributed by atoms with E-state index in [1.807, 2.05) is 0 Å². The smallest absolute Gasteiger partial charge is 0.338 e. The maximum atomic E-state index is 12.1. The molecular formula is C15H18ClNO5S. The first-order valence-corrected chi connectivity index (χ1v) is 9.59. The van der Waals surface area contributed by atoms with Crippen molar-refractivity contribution in [3.05, 3.63) is 29.8 Å². The average molecular weight is 360 g/mol. The molecule has 1 aromatic rings. The zero-order valence-corrected chi connectivity index (χ0v) is 14.3. The first-order chi connectivity index (χ1) is 10.9. The molecule has 8 heteroatoms. The number of amides is 1. The standard InChI is InChI=1S/C15H18ClNO5S/c1-2-22-15(19)11-3-5-12(6-4-11)17(14(18)9-16)13-7-8-23(20,21)10-13/h3-6,13H,2,7-10H2,1H3/t13-/m0/s1. The minimum absolute atomic E-state index is 0.0602. The van der Waals surface area contributed by atoms with E-state index < -0.39 is 21.8 Å². The molecule has 0 bridgehead atoms. The molecule has 1 saturated heterocycles. The SMILES string of the molecule is CCOC(=O)c1ccc(N(C(=O)CCl)[C@H]2CCS(=O)(=O)C2)cc1. The van der Waals surface area contributed by atoms with Crippen LogP contribution < -0.4 is 4.90 Å². The molecule has 2 rings (SSSR count). The quantitative estimate of drug-likeness (QED) is 0.589. The van der Waals surface area contributed by atoms with E-state index in [-0.39, 0.29) is 29.9 Å². The molecule has 6 nitrogen and oxygen atoms in total. The highest BCUT2D eigenvalue weighted by Gasteiger charge is 2.35. The van der Waals surface area contributed by atoms with Gasteiger partial charge in [-0.15, -0.1) is 11.6 Å². The molecule has 0 aromatic heterocycles. The molecule has 0 unspecified atom stereocenters. The normalized spacial score (nSPS) is 19.3. The van der Waals surface area contributed by atoms with Crippen LogP contribution in [-0.2, 0) is 19.4 Å². The van der Waals surface area contributed by atoms with Crippen LogP contribution in [0.2, 0.25) is 0 Å². The van der Waals surface area contributed by atoms with Crippen LogP contribution in [0.1, 0.15) is 23.7 Å². The van der Waals surface area contributed by atoms with Crippen molar-refractivity contribution < 1.29 is 22.7 Å². The van der Waals surface area contributed by atoms with Crippen LogP contribution in [0.25, 0.3) is 0 Å².